The summed E-state index contributed by atoms with van der Waals surface area (Å²) in [6.45, 7) is 1.59. The largest absolute Gasteiger partial charge is 0.335 e. The van der Waals surface area contributed by atoms with Gasteiger partial charge in [0.1, 0.15) is 0 Å². The molecule has 0 N–H and O–H groups in total. The van der Waals surface area contributed by atoms with E-state index in [4.69, 9.17) is 0 Å². The molecule has 0 aliphatic carbocycles. The third-order valence-electron chi connectivity index (χ3n) is 2.59. The molecule has 0 unspecified atom stereocenters. The summed E-state index contributed by atoms with van der Waals surface area (Å²) >= 11 is 0. The number of hydrogen-bond acceptors (Lipinski definition) is 1. The van der Waals surface area contributed by atoms with Crippen LogP contribution in [-0.2, 0) is 11.3 Å². The second kappa shape index (κ2) is 4.78. The maximum atomic E-state index is 11.7. The number of carbonyl (C=O) groups excluding carboxylic acids is 1. The maximum Gasteiger partial charge on any atom is 0.246 e. The van der Waals surface area contributed by atoms with Gasteiger partial charge < -0.3 is 4.90 Å². The molecule has 0 saturated heterocycles. The Morgan fingerprint density at radius 1 is 1.20 bits per heavy atom. The van der Waals surface area contributed by atoms with Crippen molar-refractivity contribution in [3.8, 4) is 0 Å². The van der Waals surface area contributed by atoms with Crippen LogP contribution in [0.3, 0.4) is 0 Å². The van der Waals surface area contributed by atoms with E-state index >= 15 is 0 Å². The fourth-order valence-electron chi connectivity index (χ4n) is 1.76. The first-order valence-electron chi connectivity index (χ1n) is 5.35. The zero-order valence-electron chi connectivity index (χ0n) is 8.73. The molecule has 1 aromatic rings. The van der Waals surface area contributed by atoms with Crippen molar-refractivity contribution in [2.24, 2.45) is 0 Å². The third kappa shape index (κ3) is 2.69. The lowest BCUT2D eigenvalue weighted by Gasteiger charge is -2.19. The lowest BCUT2D eigenvalue weighted by atomic mass is 10.2. The molecule has 0 fully saturated rings. The van der Waals surface area contributed by atoms with Crippen molar-refractivity contribution in [3.05, 3.63) is 48.0 Å². The van der Waals surface area contributed by atoms with Crippen LogP contribution < -0.4 is 0 Å². The Hall–Kier alpha value is -1.57. The molecule has 0 radical (unpaired) electrons. The smallest absolute Gasteiger partial charge is 0.246 e. The molecule has 0 bridgehead atoms. The zero-order chi connectivity index (χ0) is 10.5. The molecule has 0 aromatic heterocycles. The molecule has 1 aliphatic heterocycles. The molecule has 78 valence electrons. The van der Waals surface area contributed by atoms with Gasteiger partial charge in [-0.1, -0.05) is 36.4 Å². The first-order chi connectivity index (χ1) is 7.36. The number of nitrogens with zero attached hydrogens (tertiary/aromatic N) is 1. The molecule has 2 nitrogen and oxygen atoms in total. The van der Waals surface area contributed by atoms with Gasteiger partial charge in [0.15, 0.2) is 0 Å². The molecule has 2 rings (SSSR count). The van der Waals surface area contributed by atoms with Gasteiger partial charge in [0.25, 0.3) is 0 Å². The van der Waals surface area contributed by atoms with Crippen LogP contribution in [0.2, 0.25) is 0 Å². The van der Waals surface area contributed by atoms with Crippen molar-refractivity contribution >= 4 is 5.91 Å². The Balaban J connectivity index is 2.05. The van der Waals surface area contributed by atoms with E-state index in [0.29, 0.717) is 0 Å². The highest BCUT2D eigenvalue weighted by Crippen LogP contribution is 2.09. The van der Waals surface area contributed by atoms with Gasteiger partial charge in [0.2, 0.25) is 5.91 Å². The number of hydrogen-bond donors (Lipinski definition) is 0. The van der Waals surface area contributed by atoms with E-state index in [1.165, 1.54) is 5.56 Å². The number of amides is 1. The quantitative estimate of drug-likeness (QED) is 0.719. The molecule has 1 heterocycles. The van der Waals surface area contributed by atoms with E-state index in [9.17, 15) is 4.79 Å². The summed E-state index contributed by atoms with van der Waals surface area (Å²) in [5.41, 5.74) is 1.20. The monoisotopic (exact) mass is 201 g/mol. The van der Waals surface area contributed by atoms with Gasteiger partial charge in [0.05, 0.1) is 0 Å². The standard InChI is InChI=1S/C13H15NO/c15-13-9-5-2-6-10-14(13)11-12-7-3-1-4-8-12/h1,3-5,7-9H,2,6,10-11H2. The van der Waals surface area contributed by atoms with E-state index in [-0.39, 0.29) is 5.91 Å². The summed E-state index contributed by atoms with van der Waals surface area (Å²) in [5.74, 6) is 0.136. The summed E-state index contributed by atoms with van der Waals surface area (Å²) < 4.78 is 0. The normalized spacial score (nSPS) is 16.5. The molecule has 0 atom stereocenters. The van der Waals surface area contributed by atoms with Crippen molar-refractivity contribution in [1.29, 1.82) is 0 Å². The molecule has 1 aliphatic rings. The average Bonchev–Trinajstić information content (AvgIpc) is 2.46. The van der Waals surface area contributed by atoms with Crippen LogP contribution in [0.5, 0.6) is 0 Å². The minimum atomic E-state index is 0.136. The van der Waals surface area contributed by atoms with Crippen molar-refractivity contribution in [2.45, 2.75) is 19.4 Å². The van der Waals surface area contributed by atoms with Crippen LogP contribution >= 0.6 is 0 Å². The van der Waals surface area contributed by atoms with Crippen molar-refractivity contribution in [2.75, 3.05) is 6.54 Å². The number of carbonyl (C=O) groups is 1. The lowest BCUT2D eigenvalue weighted by Crippen LogP contribution is -2.28. The second-order valence-corrected chi connectivity index (χ2v) is 3.79. The van der Waals surface area contributed by atoms with Crippen molar-refractivity contribution in [1.82, 2.24) is 4.90 Å². The van der Waals surface area contributed by atoms with Gasteiger partial charge in [-0.05, 0) is 24.5 Å². The average molecular weight is 201 g/mol. The summed E-state index contributed by atoms with van der Waals surface area (Å²) in [6, 6.07) is 10.1. The first kappa shape index (κ1) is 9.97. The van der Waals surface area contributed by atoms with E-state index in [2.05, 4.69) is 12.1 Å². The molecule has 1 amide bonds. The zero-order valence-corrected chi connectivity index (χ0v) is 8.73. The predicted octanol–water partition coefficient (Wildman–Crippen LogP) is 2.37. The minimum Gasteiger partial charge on any atom is -0.335 e. The van der Waals surface area contributed by atoms with Crippen LogP contribution in [-0.4, -0.2) is 17.4 Å². The Bertz CT molecular complexity index is 356. The van der Waals surface area contributed by atoms with Crippen molar-refractivity contribution < 1.29 is 4.79 Å². The molecule has 0 spiro atoms. The van der Waals surface area contributed by atoms with Crippen LogP contribution in [0.1, 0.15) is 18.4 Å². The van der Waals surface area contributed by atoms with Crippen LogP contribution in [0.15, 0.2) is 42.5 Å². The molecule has 2 heteroatoms. The Morgan fingerprint density at radius 2 is 2.00 bits per heavy atom. The minimum absolute atomic E-state index is 0.136. The molecular weight excluding hydrogens is 186 g/mol. The van der Waals surface area contributed by atoms with Gasteiger partial charge in [0, 0.05) is 13.1 Å². The van der Waals surface area contributed by atoms with Gasteiger partial charge >= 0.3 is 0 Å². The highest BCUT2D eigenvalue weighted by Gasteiger charge is 2.12. The van der Waals surface area contributed by atoms with E-state index in [1.807, 2.05) is 29.2 Å². The van der Waals surface area contributed by atoms with Crippen LogP contribution in [0.4, 0.5) is 0 Å². The van der Waals surface area contributed by atoms with Crippen molar-refractivity contribution in [3.63, 3.8) is 0 Å². The highest BCUT2D eigenvalue weighted by atomic mass is 16.2. The Labute approximate surface area is 90.2 Å². The van der Waals surface area contributed by atoms with Gasteiger partial charge in [-0.2, -0.15) is 0 Å². The Kier molecular flexibility index (Phi) is 3.18. The lowest BCUT2D eigenvalue weighted by molar-refractivity contribution is -0.126. The number of benzene rings is 1. The summed E-state index contributed by atoms with van der Waals surface area (Å²) in [6.07, 6.45) is 5.73. The molecule has 1 aromatic carbocycles. The van der Waals surface area contributed by atoms with Crippen LogP contribution in [0.25, 0.3) is 0 Å². The number of allylic oxidation sites excluding steroid dienone is 1. The highest BCUT2D eigenvalue weighted by molar-refractivity contribution is 5.87. The van der Waals surface area contributed by atoms with E-state index in [1.54, 1.807) is 6.08 Å². The summed E-state index contributed by atoms with van der Waals surface area (Å²) in [4.78, 5) is 13.6. The second-order valence-electron chi connectivity index (χ2n) is 3.79. The van der Waals surface area contributed by atoms with E-state index < -0.39 is 0 Å². The first-order valence-corrected chi connectivity index (χ1v) is 5.35. The topological polar surface area (TPSA) is 20.3 Å². The maximum absolute atomic E-state index is 11.7. The summed E-state index contributed by atoms with van der Waals surface area (Å²) in [5, 5.41) is 0. The van der Waals surface area contributed by atoms with Crippen LogP contribution in [0, 0.1) is 0 Å². The fourth-order valence-corrected chi connectivity index (χ4v) is 1.76. The Morgan fingerprint density at radius 3 is 2.80 bits per heavy atom. The molecular formula is C13H15NO. The fraction of sp³-hybridized carbons (Fsp3) is 0.308. The van der Waals surface area contributed by atoms with Gasteiger partial charge in [-0.15, -0.1) is 0 Å². The predicted molar refractivity (Wildman–Crippen MR) is 60.2 cm³/mol. The van der Waals surface area contributed by atoms with Gasteiger partial charge in [-0.3, -0.25) is 4.79 Å². The van der Waals surface area contributed by atoms with E-state index in [0.717, 1.165) is 25.9 Å². The van der Waals surface area contributed by atoms with Gasteiger partial charge in [-0.25, -0.2) is 0 Å². The molecule has 0 saturated carbocycles. The SMILES string of the molecule is O=C1C=CCCCN1Cc1ccccc1. The molecule has 15 heavy (non-hydrogen) atoms. The third-order valence-corrected chi connectivity index (χ3v) is 2.59. The summed E-state index contributed by atoms with van der Waals surface area (Å²) in [7, 11) is 0. The number of rotatable bonds is 2.